The number of thiophene rings is 1. The third-order valence-electron chi connectivity index (χ3n) is 3.80. The van der Waals surface area contributed by atoms with Crippen molar-refractivity contribution in [3.8, 4) is 5.75 Å². The summed E-state index contributed by atoms with van der Waals surface area (Å²) >= 11 is 1.66. The molecule has 0 fully saturated rings. The minimum atomic E-state index is -0.0775. The lowest BCUT2D eigenvalue weighted by atomic mass is 10.2. The first-order valence-corrected chi connectivity index (χ1v) is 9.51. The predicted molar refractivity (Wildman–Crippen MR) is 107 cm³/mol. The molecule has 0 saturated carbocycles. The van der Waals surface area contributed by atoms with Crippen molar-refractivity contribution >= 4 is 22.9 Å². The molecule has 0 aliphatic rings. The predicted octanol–water partition coefficient (Wildman–Crippen LogP) is 4.56. The number of carbonyl (C=O) groups is 1. The fourth-order valence-corrected chi connectivity index (χ4v) is 3.07. The standard InChI is InChI=1S/C21H22N2O2S/c24-21(23-13-6-12-22-18-8-2-1-3-9-18)17-7-4-10-19(15-17)25-16-20-11-5-14-26-20/h1-5,7-11,14-15,22H,6,12-13,16H2,(H,23,24). The van der Waals surface area contributed by atoms with Crippen molar-refractivity contribution in [2.24, 2.45) is 0 Å². The molecule has 1 amide bonds. The molecule has 0 aliphatic heterocycles. The lowest BCUT2D eigenvalue weighted by molar-refractivity contribution is 0.0953. The van der Waals surface area contributed by atoms with Gasteiger partial charge in [-0.3, -0.25) is 4.79 Å². The molecule has 134 valence electrons. The fourth-order valence-electron chi connectivity index (χ4n) is 2.46. The van der Waals surface area contributed by atoms with Crippen molar-refractivity contribution < 1.29 is 9.53 Å². The molecule has 0 atom stereocenters. The molecule has 3 rings (SSSR count). The molecular weight excluding hydrogens is 344 g/mol. The van der Waals surface area contributed by atoms with Gasteiger partial charge in [-0.05, 0) is 48.2 Å². The van der Waals surface area contributed by atoms with E-state index in [1.807, 2.05) is 60.0 Å². The Bertz CT molecular complexity index is 804. The van der Waals surface area contributed by atoms with Crippen molar-refractivity contribution in [1.82, 2.24) is 5.32 Å². The van der Waals surface area contributed by atoms with Crippen LogP contribution in [0.3, 0.4) is 0 Å². The summed E-state index contributed by atoms with van der Waals surface area (Å²) in [7, 11) is 0. The molecule has 1 heterocycles. The third kappa shape index (κ3) is 5.63. The number of benzene rings is 2. The van der Waals surface area contributed by atoms with Gasteiger partial charge >= 0.3 is 0 Å². The van der Waals surface area contributed by atoms with E-state index in [0.717, 1.165) is 23.5 Å². The average molecular weight is 366 g/mol. The van der Waals surface area contributed by atoms with Crippen LogP contribution in [0.2, 0.25) is 0 Å². The minimum absolute atomic E-state index is 0.0775. The molecule has 3 aromatic rings. The van der Waals surface area contributed by atoms with Gasteiger partial charge in [-0.2, -0.15) is 0 Å². The first-order chi connectivity index (χ1) is 12.8. The van der Waals surface area contributed by atoms with Crippen LogP contribution < -0.4 is 15.4 Å². The van der Waals surface area contributed by atoms with Crippen LogP contribution in [-0.2, 0) is 6.61 Å². The summed E-state index contributed by atoms with van der Waals surface area (Å²) in [5.41, 5.74) is 1.71. The van der Waals surface area contributed by atoms with E-state index < -0.39 is 0 Å². The highest BCUT2D eigenvalue weighted by atomic mass is 32.1. The van der Waals surface area contributed by atoms with Gasteiger partial charge in [0.25, 0.3) is 5.91 Å². The fraction of sp³-hybridized carbons (Fsp3) is 0.190. The molecule has 0 spiro atoms. The lowest BCUT2D eigenvalue weighted by Gasteiger charge is -2.09. The van der Waals surface area contributed by atoms with E-state index in [0.29, 0.717) is 24.5 Å². The molecule has 5 heteroatoms. The molecule has 1 aromatic heterocycles. The monoisotopic (exact) mass is 366 g/mol. The number of ether oxygens (including phenoxy) is 1. The summed E-state index contributed by atoms with van der Waals surface area (Å²) in [4.78, 5) is 13.4. The second kappa shape index (κ2) is 9.63. The second-order valence-corrected chi connectivity index (χ2v) is 6.83. The quantitative estimate of drug-likeness (QED) is 0.546. The van der Waals surface area contributed by atoms with Crippen molar-refractivity contribution in [2.75, 3.05) is 18.4 Å². The van der Waals surface area contributed by atoms with Crippen LogP contribution in [0.4, 0.5) is 5.69 Å². The van der Waals surface area contributed by atoms with E-state index in [9.17, 15) is 4.79 Å². The highest BCUT2D eigenvalue weighted by Gasteiger charge is 2.06. The molecule has 0 saturated heterocycles. The van der Waals surface area contributed by atoms with Crippen molar-refractivity contribution in [2.45, 2.75) is 13.0 Å². The zero-order valence-electron chi connectivity index (χ0n) is 14.5. The van der Waals surface area contributed by atoms with Gasteiger partial charge in [0.05, 0.1) is 0 Å². The normalized spacial score (nSPS) is 10.3. The van der Waals surface area contributed by atoms with E-state index in [4.69, 9.17) is 4.74 Å². The Kier molecular flexibility index (Phi) is 6.67. The molecule has 2 aromatic carbocycles. The zero-order valence-corrected chi connectivity index (χ0v) is 15.3. The summed E-state index contributed by atoms with van der Waals surface area (Å²) in [6.45, 7) is 1.96. The first-order valence-electron chi connectivity index (χ1n) is 8.63. The van der Waals surface area contributed by atoms with Crippen molar-refractivity contribution in [1.29, 1.82) is 0 Å². The van der Waals surface area contributed by atoms with Crippen LogP contribution in [-0.4, -0.2) is 19.0 Å². The number of carbonyl (C=O) groups excluding carboxylic acids is 1. The summed E-state index contributed by atoms with van der Waals surface area (Å²) in [5, 5.41) is 8.30. The number of para-hydroxylation sites is 1. The van der Waals surface area contributed by atoms with E-state index in [2.05, 4.69) is 10.6 Å². The topological polar surface area (TPSA) is 50.4 Å². The van der Waals surface area contributed by atoms with E-state index in [1.165, 1.54) is 0 Å². The van der Waals surface area contributed by atoms with Crippen molar-refractivity contribution in [3.63, 3.8) is 0 Å². The van der Waals surface area contributed by atoms with Crippen LogP contribution >= 0.6 is 11.3 Å². The maximum Gasteiger partial charge on any atom is 0.251 e. The molecule has 26 heavy (non-hydrogen) atoms. The highest BCUT2D eigenvalue weighted by Crippen LogP contribution is 2.17. The average Bonchev–Trinajstić information content (AvgIpc) is 3.21. The number of rotatable bonds is 9. The summed E-state index contributed by atoms with van der Waals surface area (Å²) in [6, 6.07) is 21.4. The summed E-state index contributed by atoms with van der Waals surface area (Å²) in [6.07, 6.45) is 0.856. The molecule has 0 aliphatic carbocycles. The van der Waals surface area contributed by atoms with E-state index >= 15 is 0 Å². The Morgan fingerprint density at radius 1 is 0.962 bits per heavy atom. The number of hydrogen-bond donors (Lipinski definition) is 2. The van der Waals surface area contributed by atoms with Gasteiger partial charge in [0.1, 0.15) is 12.4 Å². The van der Waals surface area contributed by atoms with E-state index in [1.54, 1.807) is 23.5 Å². The van der Waals surface area contributed by atoms with Gasteiger partial charge < -0.3 is 15.4 Å². The Hall–Kier alpha value is -2.79. The van der Waals surface area contributed by atoms with Gasteiger partial charge in [-0.1, -0.05) is 30.3 Å². The van der Waals surface area contributed by atoms with Crippen LogP contribution in [0.5, 0.6) is 5.75 Å². The Morgan fingerprint density at radius 2 is 1.85 bits per heavy atom. The lowest BCUT2D eigenvalue weighted by Crippen LogP contribution is -2.25. The molecule has 2 N–H and O–H groups in total. The Morgan fingerprint density at radius 3 is 2.65 bits per heavy atom. The highest BCUT2D eigenvalue weighted by molar-refractivity contribution is 7.09. The maximum absolute atomic E-state index is 12.3. The van der Waals surface area contributed by atoms with Gasteiger partial charge in [0.2, 0.25) is 0 Å². The molecule has 0 bridgehead atoms. The van der Waals surface area contributed by atoms with Crippen LogP contribution in [0.1, 0.15) is 21.7 Å². The van der Waals surface area contributed by atoms with Gasteiger partial charge in [0.15, 0.2) is 0 Å². The summed E-state index contributed by atoms with van der Waals surface area (Å²) < 4.78 is 5.75. The van der Waals surface area contributed by atoms with Gasteiger partial charge in [-0.25, -0.2) is 0 Å². The van der Waals surface area contributed by atoms with E-state index in [-0.39, 0.29) is 5.91 Å². The van der Waals surface area contributed by atoms with Gasteiger partial charge in [0, 0.05) is 29.2 Å². The smallest absolute Gasteiger partial charge is 0.251 e. The zero-order chi connectivity index (χ0) is 18.0. The molecule has 0 unspecified atom stereocenters. The van der Waals surface area contributed by atoms with Crippen molar-refractivity contribution in [3.05, 3.63) is 82.6 Å². The first kappa shape index (κ1) is 18.0. The van der Waals surface area contributed by atoms with Gasteiger partial charge in [-0.15, -0.1) is 11.3 Å². The largest absolute Gasteiger partial charge is 0.488 e. The molecule has 4 nitrogen and oxygen atoms in total. The Balaban J connectivity index is 1.40. The summed E-state index contributed by atoms with van der Waals surface area (Å²) in [5.74, 6) is 0.628. The van der Waals surface area contributed by atoms with Crippen LogP contribution in [0.25, 0.3) is 0 Å². The molecule has 0 radical (unpaired) electrons. The SMILES string of the molecule is O=C(NCCCNc1ccccc1)c1cccc(OCc2cccs2)c1. The number of amides is 1. The number of nitrogens with one attached hydrogen (secondary N) is 2. The minimum Gasteiger partial charge on any atom is -0.488 e. The van der Waals surface area contributed by atoms with Crippen LogP contribution in [0.15, 0.2) is 72.1 Å². The molecular formula is C21H22N2O2S. The Labute approximate surface area is 157 Å². The second-order valence-electron chi connectivity index (χ2n) is 5.80. The third-order valence-corrected chi connectivity index (χ3v) is 4.65. The van der Waals surface area contributed by atoms with Crippen LogP contribution in [0, 0.1) is 0 Å². The number of hydrogen-bond acceptors (Lipinski definition) is 4. The maximum atomic E-state index is 12.3. The number of anilines is 1.